The van der Waals surface area contributed by atoms with Gasteiger partial charge in [0.25, 0.3) is 0 Å². The molecule has 3 N–H and O–H groups in total. The Morgan fingerprint density at radius 1 is 1.17 bits per heavy atom. The van der Waals surface area contributed by atoms with Crippen molar-refractivity contribution in [2.45, 2.75) is 35.4 Å². The molecule has 184 valence electrons. The minimum atomic E-state index is -0.881. The molecule has 1 spiro atoms. The van der Waals surface area contributed by atoms with Gasteiger partial charge in [-0.05, 0) is 30.0 Å². The molecule has 3 saturated heterocycles. The van der Waals surface area contributed by atoms with Gasteiger partial charge in [0.2, 0.25) is 17.7 Å². The number of likely N-dealkylation sites (tertiary alicyclic amines) is 1. The highest BCUT2D eigenvalue weighted by molar-refractivity contribution is 8.02. The Morgan fingerprint density at radius 2 is 1.86 bits per heavy atom. The Balaban J connectivity index is 1.64. The quantitative estimate of drug-likeness (QED) is 0.551. The molecule has 3 heterocycles. The van der Waals surface area contributed by atoms with Crippen LogP contribution < -0.4 is 10.6 Å². The van der Waals surface area contributed by atoms with Crippen LogP contribution in [0.15, 0.2) is 54.6 Å². The Hall–Kier alpha value is -2.55. The van der Waals surface area contributed by atoms with Gasteiger partial charge in [-0.3, -0.25) is 14.4 Å². The van der Waals surface area contributed by atoms with Gasteiger partial charge in [-0.15, -0.1) is 11.8 Å². The zero-order chi connectivity index (χ0) is 24.9. The van der Waals surface area contributed by atoms with Gasteiger partial charge < -0.3 is 20.6 Å². The molecule has 3 aliphatic heterocycles. The predicted octanol–water partition coefficient (Wildman–Crippen LogP) is 3.10. The molecule has 0 radical (unpaired) electrons. The summed E-state index contributed by atoms with van der Waals surface area (Å²) in [4.78, 5) is 42.7. The fourth-order valence-corrected chi connectivity index (χ4v) is 8.95. The number of para-hydroxylation sites is 1. The molecule has 9 heteroatoms. The fourth-order valence-electron chi connectivity index (χ4n) is 6.35. The lowest BCUT2D eigenvalue weighted by Crippen LogP contribution is -2.55. The van der Waals surface area contributed by atoms with E-state index in [1.54, 1.807) is 43.1 Å². The molecular formula is C26H28ClN3O4S. The first-order valence-corrected chi connectivity index (χ1v) is 13.0. The van der Waals surface area contributed by atoms with Gasteiger partial charge in [-0.25, -0.2) is 0 Å². The van der Waals surface area contributed by atoms with Crippen molar-refractivity contribution in [1.82, 2.24) is 10.2 Å². The number of aliphatic hydroxyl groups excluding tert-OH is 1. The number of thioether (sulfide) groups is 1. The number of carbonyl (C=O) groups is 3. The summed E-state index contributed by atoms with van der Waals surface area (Å²) in [6.45, 7) is 1.71. The van der Waals surface area contributed by atoms with E-state index in [0.717, 1.165) is 12.0 Å². The van der Waals surface area contributed by atoms with Crippen LogP contribution in [0.1, 0.15) is 24.9 Å². The number of nitrogens with zero attached hydrogens (tertiary/aromatic N) is 1. The highest BCUT2D eigenvalue weighted by Crippen LogP contribution is 2.69. The van der Waals surface area contributed by atoms with Gasteiger partial charge in [0.05, 0.1) is 39.9 Å². The monoisotopic (exact) mass is 513 g/mol. The summed E-state index contributed by atoms with van der Waals surface area (Å²) in [6.07, 6.45) is 0.741. The zero-order valence-corrected chi connectivity index (χ0v) is 21.1. The molecular weight excluding hydrogens is 486 g/mol. The summed E-state index contributed by atoms with van der Waals surface area (Å²) in [5.74, 6) is -1.95. The molecule has 7 nitrogen and oxygen atoms in total. The summed E-state index contributed by atoms with van der Waals surface area (Å²) >= 11 is 7.93. The summed E-state index contributed by atoms with van der Waals surface area (Å²) in [7, 11) is 1.58. The average molecular weight is 514 g/mol. The fraction of sp³-hybridized carbons (Fsp3) is 0.423. The number of amides is 3. The molecule has 3 unspecified atom stereocenters. The Morgan fingerprint density at radius 3 is 2.51 bits per heavy atom. The first-order chi connectivity index (χ1) is 16.8. The van der Waals surface area contributed by atoms with Crippen molar-refractivity contribution in [2.24, 2.45) is 17.8 Å². The Bertz CT molecular complexity index is 1160. The van der Waals surface area contributed by atoms with Crippen LogP contribution in [0, 0.1) is 17.8 Å². The van der Waals surface area contributed by atoms with Gasteiger partial charge in [-0.2, -0.15) is 0 Å². The number of halogens is 1. The first-order valence-electron chi connectivity index (χ1n) is 11.8. The van der Waals surface area contributed by atoms with Crippen molar-refractivity contribution in [3.05, 3.63) is 65.2 Å². The van der Waals surface area contributed by atoms with Crippen LogP contribution in [0.25, 0.3) is 0 Å². The zero-order valence-electron chi connectivity index (χ0n) is 19.5. The summed E-state index contributed by atoms with van der Waals surface area (Å²) in [5.41, 5.74) is 1.19. The van der Waals surface area contributed by atoms with Crippen molar-refractivity contribution < 1.29 is 19.5 Å². The van der Waals surface area contributed by atoms with E-state index in [1.165, 1.54) is 4.90 Å². The molecule has 7 atom stereocenters. The molecule has 2 bridgehead atoms. The highest BCUT2D eigenvalue weighted by atomic mass is 35.5. The van der Waals surface area contributed by atoms with Crippen molar-refractivity contribution in [1.29, 1.82) is 0 Å². The van der Waals surface area contributed by atoms with Crippen LogP contribution >= 0.6 is 23.4 Å². The third kappa shape index (κ3) is 3.57. The lowest BCUT2D eigenvalue weighted by Gasteiger charge is -2.40. The molecule has 0 aliphatic carbocycles. The summed E-state index contributed by atoms with van der Waals surface area (Å²) in [6, 6.07) is 14.6. The molecule has 2 aromatic rings. The summed E-state index contributed by atoms with van der Waals surface area (Å²) < 4.78 is -0.785. The van der Waals surface area contributed by atoms with Crippen LogP contribution in [0.3, 0.4) is 0 Å². The molecule has 2 aromatic carbocycles. The van der Waals surface area contributed by atoms with Crippen LogP contribution in [-0.4, -0.2) is 57.4 Å². The SMILES string of the molecule is CNC(=O)[C@@H]1[C@H]2C(=O)N([C@H](CO)c3ccccc3)C(C(=O)Nc3ccccc3Cl)C23S[C@@H]1CC3C. The second kappa shape index (κ2) is 9.15. The number of hydrogen-bond donors (Lipinski definition) is 3. The van der Waals surface area contributed by atoms with Gasteiger partial charge in [0.15, 0.2) is 0 Å². The number of nitrogens with one attached hydrogen (secondary N) is 2. The second-order valence-corrected chi connectivity index (χ2v) is 11.4. The number of anilines is 1. The molecule has 35 heavy (non-hydrogen) atoms. The summed E-state index contributed by atoms with van der Waals surface area (Å²) in [5, 5.41) is 16.5. The third-order valence-corrected chi connectivity index (χ3v) is 10.2. The molecule has 0 aromatic heterocycles. The first kappa shape index (κ1) is 24.2. The van der Waals surface area contributed by atoms with E-state index in [0.29, 0.717) is 10.7 Å². The van der Waals surface area contributed by atoms with Crippen LogP contribution in [0.5, 0.6) is 0 Å². The minimum Gasteiger partial charge on any atom is -0.394 e. The van der Waals surface area contributed by atoms with Crippen LogP contribution in [0.2, 0.25) is 5.02 Å². The van der Waals surface area contributed by atoms with E-state index >= 15 is 0 Å². The number of rotatable bonds is 6. The topological polar surface area (TPSA) is 98.7 Å². The van der Waals surface area contributed by atoms with Crippen molar-refractivity contribution in [3.63, 3.8) is 0 Å². The molecule has 0 saturated carbocycles. The standard InChI is InChI=1S/C26H28ClN3O4S/c1-14-12-19-20(23(32)28-2)21-25(34)30(18(13-31)15-8-4-3-5-9-15)22(26(14,21)35-19)24(33)29-17-11-7-6-10-16(17)27/h3-11,14,18-22,31H,12-13H2,1-2H3,(H,28,32)(H,29,33)/t14?,18-,19-,20+,21+,22?,26?/m1/s1. The van der Waals surface area contributed by atoms with E-state index in [1.807, 2.05) is 30.3 Å². The van der Waals surface area contributed by atoms with Crippen LogP contribution in [0.4, 0.5) is 5.69 Å². The highest BCUT2D eigenvalue weighted by Gasteiger charge is 2.76. The van der Waals surface area contributed by atoms with E-state index in [4.69, 9.17) is 11.6 Å². The van der Waals surface area contributed by atoms with Crippen molar-refractivity contribution >= 4 is 46.8 Å². The van der Waals surface area contributed by atoms with E-state index < -0.39 is 28.7 Å². The Labute approximate surface area is 213 Å². The van der Waals surface area contributed by atoms with E-state index in [2.05, 4.69) is 17.6 Å². The minimum absolute atomic E-state index is 0.0227. The number of benzene rings is 2. The number of aliphatic hydroxyl groups is 1. The number of fused-ring (bicyclic) bond motifs is 1. The largest absolute Gasteiger partial charge is 0.394 e. The maximum Gasteiger partial charge on any atom is 0.248 e. The maximum atomic E-state index is 14.2. The predicted molar refractivity (Wildman–Crippen MR) is 136 cm³/mol. The van der Waals surface area contributed by atoms with Gasteiger partial charge in [-0.1, -0.05) is 61.0 Å². The van der Waals surface area contributed by atoms with Crippen molar-refractivity contribution in [3.8, 4) is 0 Å². The maximum absolute atomic E-state index is 14.2. The van der Waals surface area contributed by atoms with Gasteiger partial charge >= 0.3 is 0 Å². The van der Waals surface area contributed by atoms with Gasteiger partial charge in [0, 0.05) is 12.3 Å². The van der Waals surface area contributed by atoms with Crippen molar-refractivity contribution in [2.75, 3.05) is 19.0 Å². The third-order valence-electron chi connectivity index (χ3n) is 7.81. The average Bonchev–Trinajstić information content (AvgIpc) is 3.45. The Kier molecular flexibility index (Phi) is 6.32. The number of hydrogen-bond acceptors (Lipinski definition) is 5. The normalized spacial score (nSPS) is 31.8. The number of carbonyl (C=O) groups excluding carboxylic acids is 3. The van der Waals surface area contributed by atoms with E-state index in [-0.39, 0.29) is 35.5 Å². The lowest BCUT2D eigenvalue weighted by molar-refractivity contribution is -0.142. The van der Waals surface area contributed by atoms with Crippen LogP contribution in [-0.2, 0) is 14.4 Å². The molecule has 5 rings (SSSR count). The molecule has 3 aliphatic rings. The van der Waals surface area contributed by atoms with Gasteiger partial charge in [0.1, 0.15) is 6.04 Å². The molecule has 3 fully saturated rings. The smallest absolute Gasteiger partial charge is 0.248 e. The lowest BCUT2D eigenvalue weighted by atomic mass is 9.66. The van der Waals surface area contributed by atoms with E-state index in [9.17, 15) is 19.5 Å². The second-order valence-electron chi connectivity index (χ2n) is 9.49. The molecule has 3 amide bonds.